The van der Waals surface area contributed by atoms with Crippen molar-refractivity contribution in [3.8, 4) is 11.5 Å². The lowest BCUT2D eigenvalue weighted by Gasteiger charge is -2.22. The summed E-state index contributed by atoms with van der Waals surface area (Å²) < 4.78 is 7.34. The Morgan fingerprint density at radius 3 is 2.69 bits per heavy atom. The molecule has 2 N–H and O–H groups in total. The zero-order valence-electron chi connectivity index (χ0n) is 18.2. The second-order valence-corrected chi connectivity index (χ2v) is 8.22. The van der Waals surface area contributed by atoms with E-state index in [9.17, 15) is 9.90 Å². The Labute approximate surface area is 184 Å². The number of aromatic nitrogens is 4. The van der Waals surface area contributed by atoms with Crippen molar-refractivity contribution < 1.29 is 14.3 Å². The van der Waals surface area contributed by atoms with Gasteiger partial charge in [0, 0.05) is 42.5 Å². The van der Waals surface area contributed by atoms with Gasteiger partial charge in [-0.2, -0.15) is 5.10 Å². The average Bonchev–Trinajstić information content (AvgIpc) is 3.48. The fourth-order valence-corrected chi connectivity index (χ4v) is 4.16. The molecule has 32 heavy (non-hydrogen) atoms. The number of nitrogens with one attached hydrogen (secondary N) is 1. The van der Waals surface area contributed by atoms with Crippen molar-refractivity contribution in [3.63, 3.8) is 0 Å². The van der Waals surface area contributed by atoms with Crippen molar-refractivity contribution in [2.75, 3.05) is 23.3 Å². The molecule has 3 aromatic heterocycles. The summed E-state index contributed by atoms with van der Waals surface area (Å²) >= 11 is 0. The Hall–Kier alpha value is -3.72. The van der Waals surface area contributed by atoms with Crippen LogP contribution in [0.1, 0.15) is 28.3 Å². The zero-order chi connectivity index (χ0) is 22.4. The number of carbonyl (C=O) groups is 1. The van der Waals surface area contributed by atoms with Gasteiger partial charge in [0.05, 0.1) is 29.2 Å². The maximum Gasteiger partial charge on any atom is 0.277 e. The third-order valence-corrected chi connectivity index (χ3v) is 5.68. The van der Waals surface area contributed by atoms with Crippen molar-refractivity contribution in [2.24, 2.45) is 7.05 Å². The predicted octanol–water partition coefficient (Wildman–Crippen LogP) is 3.06. The molecule has 4 heterocycles. The highest BCUT2D eigenvalue weighted by molar-refractivity contribution is 6.06. The SMILES string of the molecule is Cc1cc(-c2nc(C(=O)Nc3cc4c(cnn4C)cc3N3CCC(O)C3)co2)cc(C)n1. The number of rotatable bonds is 4. The van der Waals surface area contributed by atoms with Crippen LogP contribution >= 0.6 is 0 Å². The fraction of sp³-hybridized carbons (Fsp3) is 0.304. The van der Waals surface area contributed by atoms with Crippen molar-refractivity contribution >= 4 is 28.2 Å². The number of aliphatic hydroxyl groups is 1. The molecule has 0 saturated carbocycles. The molecule has 0 spiro atoms. The monoisotopic (exact) mass is 432 g/mol. The van der Waals surface area contributed by atoms with E-state index in [1.165, 1.54) is 6.26 Å². The number of pyridine rings is 1. The number of aliphatic hydroxyl groups excluding tert-OH is 1. The van der Waals surface area contributed by atoms with Crippen LogP contribution in [0.15, 0.2) is 41.1 Å². The first-order chi connectivity index (χ1) is 15.4. The summed E-state index contributed by atoms with van der Waals surface area (Å²) in [5.74, 6) is -0.00117. The van der Waals surface area contributed by atoms with Gasteiger partial charge >= 0.3 is 0 Å². The normalized spacial score (nSPS) is 16.1. The Morgan fingerprint density at radius 1 is 1.19 bits per heavy atom. The van der Waals surface area contributed by atoms with Crippen LogP contribution in [0, 0.1) is 13.8 Å². The smallest absolute Gasteiger partial charge is 0.277 e. The van der Waals surface area contributed by atoms with Gasteiger partial charge in [0.15, 0.2) is 5.69 Å². The summed E-state index contributed by atoms with van der Waals surface area (Å²) in [6.45, 7) is 5.03. The van der Waals surface area contributed by atoms with Gasteiger partial charge in [-0.1, -0.05) is 0 Å². The summed E-state index contributed by atoms with van der Waals surface area (Å²) in [5, 5.41) is 18.3. The Balaban J connectivity index is 1.47. The summed E-state index contributed by atoms with van der Waals surface area (Å²) in [6.07, 6.45) is 3.46. The topological polar surface area (TPSA) is 109 Å². The lowest BCUT2D eigenvalue weighted by molar-refractivity contribution is 0.102. The molecule has 9 heteroatoms. The number of amides is 1. The number of nitrogens with zero attached hydrogens (tertiary/aromatic N) is 5. The fourth-order valence-electron chi connectivity index (χ4n) is 4.16. The minimum Gasteiger partial charge on any atom is -0.444 e. The van der Waals surface area contributed by atoms with Crippen LogP contribution in [0.2, 0.25) is 0 Å². The molecular formula is C23H24N6O3. The van der Waals surface area contributed by atoms with Gasteiger partial charge in [-0.3, -0.25) is 14.5 Å². The summed E-state index contributed by atoms with van der Waals surface area (Å²) in [7, 11) is 1.86. The molecule has 5 rings (SSSR count). The molecule has 0 radical (unpaired) electrons. The van der Waals surface area contributed by atoms with Crippen molar-refractivity contribution in [1.29, 1.82) is 0 Å². The van der Waals surface area contributed by atoms with Gasteiger partial charge in [0.1, 0.15) is 6.26 Å². The quantitative estimate of drug-likeness (QED) is 0.510. The highest BCUT2D eigenvalue weighted by Crippen LogP contribution is 2.34. The first kappa shape index (κ1) is 20.2. The van der Waals surface area contributed by atoms with Crippen LogP contribution in [0.25, 0.3) is 22.4 Å². The molecule has 0 aliphatic carbocycles. The Bertz CT molecular complexity index is 1300. The molecule has 9 nitrogen and oxygen atoms in total. The Morgan fingerprint density at radius 2 is 1.97 bits per heavy atom. The molecule has 1 saturated heterocycles. The van der Waals surface area contributed by atoms with E-state index in [1.54, 1.807) is 10.9 Å². The van der Waals surface area contributed by atoms with Gasteiger partial charge in [0.25, 0.3) is 5.91 Å². The highest BCUT2D eigenvalue weighted by atomic mass is 16.3. The Kier molecular flexibility index (Phi) is 4.90. The first-order valence-electron chi connectivity index (χ1n) is 10.5. The number of oxazole rings is 1. The molecule has 1 amide bonds. The number of fused-ring (bicyclic) bond motifs is 1. The standard InChI is InChI=1S/C23H24N6O3/c1-13-6-15(7-14(2)25-13)23-27-19(12-32-23)22(31)26-18-9-20-16(10-24-28(20)3)8-21(18)29-5-4-17(30)11-29/h6-10,12,17,30H,4-5,11H2,1-3H3,(H,26,31). The lowest BCUT2D eigenvalue weighted by atomic mass is 10.1. The molecule has 1 aliphatic rings. The van der Waals surface area contributed by atoms with E-state index in [2.05, 4.69) is 25.3 Å². The van der Waals surface area contributed by atoms with Gasteiger partial charge in [-0.15, -0.1) is 0 Å². The molecule has 1 unspecified atom stereocenters. The highest BCUT2D eigenvalue weighted by Gasteiger charge is 2.25. The van der Waals surface area contributed by atoms with E-state index >= 15 is 0 Å². The van der Waals surface area contributed by atoms with Crippen LogP contribution in [0.5, 0.6) is 0 Å². The van der Waals surface area contributed by atoms with E-state index in [0.29, 0.717) is 31.1 Å². The van der Waals surface area contributed by atoms with E-state index in [4.69, 9.17) is 4.42 Å². The van der Waals surface area contributed by atoms with Crippen molar-refractivity contribution in [2.45, 2.75) is 26.4 Å². The maximum atomic E-state index is 13.0. The zero-order valence-corrected chi connectivity index (χ0v) is 18.2. The number of hydrogen-bond acceptors (Lipinski definition) is 7. The van der Waals surface area contributed by atoms with E-state index in [0.717, 1.165) is 33.5 Å². The molecule has 164 valence electrons. The number of benzene rings is 1. The molecule has 1 fully saturated rings. The number of aryl methyl sites for hydroxylation is 3. The van der Waals surface area contributed by atoms with Crippen LogP contribution in [-0.4, -0.2) is 50.0 Å². The number of hydrogen-bond donors (Lipinski definition) is 2. The van der Waals surface area contributed by atoms with Crippen LogP contribution < -0.4 is 10.2 Å². The largest absolute Gasteiger partial charge is 0.444 e. The van der Waals surface area contributed by atoms with Gasteiger partial charge in [0.2, 0.25) is 5.89 Å². The van der Waals surface area contributed by atoms with E-state index in [-0.39, 0.29) is 17.7 Å². The van der Waals surface area contributed by atoms with Crippen molar-refractivity contribution in [1.82, 2.24) is 19.7 Å². The van der Waals surface area contributed by atoms with E-state index in [1.807, 2.05) is 45.2 Å². The third-order valence-electron chi connectivity index (χ3n) is 5.68. The second-order valence-electron chi connectivity index (χ2n) is 8.22. The summed E-state index contributed by atoms with van der Waals surface area (Å²) in [6, 6.07) is 7.63. The van der Waals surface area contributed by atoms with Crippen LogP contribution in [0.4, 0.5) is 11.4 Å². The van der Waals surface area contributed by atoms with Crippen molar-refractivity contribution in [3.05, 3.63) is 53.8 Å². The molecule has 0 bridgehead atoms. The lowest BCUT2D eigenvalue weighted by Crippen LogP contribution is -2.23. The van der Waals surface area contributed by atoms with E-state index < -0.39 is 0 Å². The maximum absolute atomic E-state index is 13.0. The van der Waals surface area contributed by atoms with Gasteiger partial charge < -0.3 is 19.7 Å². The summed E-state index contributed by atoms with van der Waals surface area (Å²) in [5.41, 5.74) is 5.05. The minimum atomic E-state index is -0.381. The third kappa shape index (κ3) is 3.71. The molecule has 1 aromatic carbocycles. The number of β-amino-alcohol motifs (C(OH)–C–C–N with tert-alkyl or cyclic N) is 1. The van der Waals surface area contributed by atoms with Crippen LogP contribution in [-0.2, 0) is 7.05 Å². The predicted molar refractivity (Wildman–Crippen MR) is 121 cm³/mol. The first-order valence-corrected chi connectivity index (χ1v) is 10.5. The van der Waals surface area contributed by atoms with Crippen LogP contribution in [0.3, 0.4) is 0 Å². The molecular weight excluding hydrogens is 408 g/mol. The molecule has 4 aromatic rings. The number of anilines is 2. The molecule has 1 aliphatic heterocycles. The minimum absolute atomic E-state index is 0.185. The number of carbonyl (C=O) groups excluding carboxylic acids is 1. The van der Waals surface area contributed by atoms with Gasteiger partial charge in [-0.05, 0) is 44.5 Å². The second kappa shape index (κ2) is 7.76. The molecule has 1 atom stereocenters. The summed E-state index contributed by atoms with van der Waals surface area (Å²) in [4.78, 5) is 23.9. The average molecular weight is 432 g/mol. The van der Waals surface area contributed by atoms with Gasteiger partial charge in [-0.25, -0.2) is 4.98 Å².